The highest BCUT2D eigenvalue weighted by Gasteiger charge is 2.24. The first-order chi connectivity index (χ1) is 8.63. The predicted molar refractivity (Wildman–Crippen MR) is 74.9 cm³/mol. The molecule has 1 N–H and O–H groups in total. The smallest absolute Gasteiger partial charge is 0.131 e. The van der Waals surface area contributed by atoms with E-state index in [4.69, 9.17) is 4.98 Å². The maximum atomic E-state index is 4.71. The predicted octanol–water partition coefficient (Wildman–Crippen LogP) is 2.31. The van der Waals surface area contributed by atoms with Gasteiger partial charge < -0.3 is 10.2 Å². The van der Waals surface area contributed by atoms with Crippen LogP contribution in [0.15, 0.2) is 6.20 Å². The van der Waals surface area contributed by atoms with Gasteiger partial charge in [0.05, 0.1) is 17.6 Å². The van der Waals surface area contributed by atoms with E-state index >= 15 is 0 Å². The highest BCUT2D eigenvalue weighted by atomic mass is 15.2. The first kappa shape index (κ1) is 13.3. The summed E-state index contributed by atoms with van der Waals surface area (Å²) in [7, 11) is 4.13. The molecule has 1 fully saturated rings. The molecule has 0 aromatic carbocycles. The molecule has 1 heterocycles. The molecule has 1 aliphatic rings. The van der Waals surface area contributed by atoms with Crippen molar-refractivity contribution in [2.45, 2.75) is 51.6 Å². The lowest BCUT2D eigenvalue weighted by molar-refractivity contribution is 0.400. The molecule has 2 rings (SSSR count). The summed E-state index contributed by atoms with van der Waals surface area (Å²) in [6.45, 7) is 5.07. The number of hydrogen-bond donors (Lipinski definition) is 1. The molecule has 18 heavy (non-hydrogen) atoms. The van der Waals surface area contributed by atoms with Crippen molar-refractivity contribution in [2.24, 2.45) is 0 Å². The molecule has 0 radical (unpaired) electrons. The summed E-state index contributed by atoms with van der Waals surface area (Å²) in [5.41, 5.74) is 2.30. The van der Waals surface area contributed by atoms with E-state index < -0.39 is 0 Å². The number of hydrogen-bond acceptors (Lipinski definition) is 4. The van der Waals surface area contributed by atoms with Crippen LogP contribution in [0.2, 0.25) is 0 Å². The molecule has 1 aromatic heterocycles. The van der Waals surface area contributed by atoms with E-state index in [2.05, 4.69) is 36.1 Å². The van der Waals surface area contributed by atoms with Crippen molar-refractivity contribution in [1.29, 1.82) is 0 Å². The van der Waals surface area contributed by atoms with Crippen LogP contribution in [0.4, 0.5) is 5.69 Å². The molecule has 4 nitrogen and oxygen atoms in total. The molecule has 0 spiro atoms. The van der Waals surface area contributed by atoms with Gasteiger partial charge in [-0.15, -0.1) is 0 Å². The topological polar surface area (TPSA) is 41.1 Å². The highest BCUT2D eigenvalue weighted by molar-refractivity contribution is 5.49. The van der Waals surface area contributed by atoms with Crippen LogP contribution in [0.1, 0.15) is 50.5 Å². The van der Waals surface area contributed by atoms with Gasteiger partial charge in [0.2, 0.25) is 0 Å². The summed E-state index contributed by atoms with van der Waals surface area (Å²) in [5.74, 6) is 1.31. The van der Waals surface area contributed by atoms with Crippen LogP contribution in [0.3, 0.4) is 0 Å². The summed E-state index contributed by atoms with van der Waals surface area (Å²) in [4.78, 5) is 11.6. The van der Waals surface area contributed by atoms with Gasteiger partial charge in [-0.05, 0) is 26.3 Å². The molecule has 0 atom stereocenters. The number of nitrogens with zero attached hydrogens (tertiary/aromatic N) is 3. The fourth-order valence-corrected chi connectivity index (χ4v) is 2.27. The zero-order valence-corrected chi connectivity index (χ0v) is 11.9. The zero-order chi connectivity index (χ0) is 13.1. The third kappa shape index (κ3) is 2.64. The normalized spacial score (nSPS) is 15.8. The molecule has 0 bridgehead atoms. The summed E-state index contributed by atoms with van der Waals surface area (Å²) in [6, 6.07) is 0.675. The van der Waals surface area contributed by atoms with E-state index in [1.165, 1.54) is 24.9 Å². The monoisotopic (exact) mass is 248 g/mol. The van der Waals surface area contributed by atoms with E-state index in [1.807, 2.05) is 13.2 Å². The number of aromatic nitrogens is 2. The van der Waals surface area contributed by atoms with Crippen molar-refractivity contribution >= 4 is 5.69 Å². The van der Waals surface area contributed by atoms with Crippen LogP contribution in [0.5, 0.6) is 0 Å². The van der Waals surface area contributed by atoms with Gasteiger partial charge in [-0.3, -0.25) is 0 Å². The molecule has 0 aliphatic heterocycles. The van der Waals surface area contributed by atoms with E-state index in [-0.39, 0.29) is 0 Å². The minimum Gasteiger partial charge on any atom is -0.369 e. The average Bonchev–Trinajstić information content (AvgIpc) is 2.26. The largest absolute Gasteiger partial charge is 0.369 e. The molecule has 0 saturated heterocycles. The second-order valence-electron chi connectivity index (χ2n) is 5.44. The van der Waals surface area contributed by atoms with Crippen molar-refractivity contribution in [2.75, 3.05) is 19.0 Å². The van der Waals surface area contributed by atoms with Crippen LogP contribution < -0.4 is 10.2 Å². The minimum atomic E-state index is 0.378. The summed E-state index contributed by atoms with van der Waals surface area (Å²) < 4.78 is 0. The second-order valence-corrected chi connectivity index (χ2v) is 5.44. The molecule has 1 aromatic rings. The van der Waals surface area contributed by atoms with Crippen molar-refractivity contribution in [3.8, 4) is 0 Å². The summed E-state index contributed by atoms with van der Waals surface area (Å²) in [6.07, 6.45) is 5.93. The lowest BCUT2D eigenvalue weighted by Crippen LogP contribution is -2.38. The molecule has 0 amide bonds. The molecule has 1 saturated carbocycles. The Balaban J connectivity index is 2.27. The van der Waals surface area contributed by atoms with Crippen LogP contribution in [0.25, 0.3) is 0 Å². The maximum Gasteiger partial charge on any atom is 0.131 e. The van der Waals surface area contributed by atoms with Gasteiger partial charge in [-0.25, -0.2) is 9.97 Å². The Kier molecular flexibility index (Phi) is 4.17. The number of anilines is 1. The quantitative estimate of drug-likeness (QED) is 0.868. The Morgan fingerprint density at radius 3 is 2.67 bits per heavy atom. The molecular formula is C14H24N4. The Morgan fingerprint density at radius 2 is 2.17 bits per heavy atom. The van der Waals surface area contributed by atoms with Crippen LogP contribution in [-0.2, 0) is 6.54 Å². The van der Waals surface area contributed by atoms with Crippen molar-refractivity contribution in [3.05, 3.63) is 17.7 Å². The van der Waals surface area contributed by atoms with E-state index in [9.17, 15) is 0 Å². The number of nitrogens with one attached hydrogen (secondary N) is 1. The fraction of sp³-hybridized carbons (Fsp3) is 0.714. The minimum absolute atomic E-state index is 0.378. The van der Waals surface area contributed by atoms with Gasteiger partial charge in [0, 0.05) is 25.6 Å². The van der Waals surface area contributed by atoms with E-state index in [0.717, 1.165) is 18.1 Å². The summed E-state index contributed by atoms with van der Waals surface area (Å²) in [5, 5.41) is 3.20. The SMILES string of the molecule is CNCc1nc(C(C)C)ncc1N(C)C1CCC1. The van der Waals surface area contributed by atoms with Gasteiger partial charge >= 0.3 is 0 Å². The first-order valence-corrected chi connectivity index (χ1v) is 6.86. The van der Waals surface area contributed by atoms with Gasteiger partial charge in [0.1, 0.15) is 5.82 Å². The molecule has 4 heteroatoms. The lowest BCUT2D eigenvalue weighted by atomic mass is 9.91. The Bertz CT molecular complexity index is 399. The Morgan fingerprint density at radius 1 is 1.44 bits per heavy atom. The van der Waals surface area contributed by atoms with Gasteiger partial charge in [-0.1, -0.05) is 13.8 Å². The van der Waals surface area contributed by atoms with Gasteiger partial charge in [0.25, 0.3) is 0 Å². The summed E-state index contributed by atoms with van der Waals surface area (Å²) >= 11 is 0. The highest BCUT2D eigenvalue weighted by Crippen LogP contribution is 2.29. The second kappa shape index (κ2) is 5.65. The average molecular weight is 248 g/mol. The molecule has 1 aliphatic carbocycles. The molecule has 100 valence electrons. The van der Waals surface area contributed by atoms with Crippen molar-refractivity contribution in [3.63, 3.8) is 0 Å². The van der Waals surface area contributed by atoms with Crippen LogP contribution in [0, 0.1) is 0 Å². The standard InChI is InChI=1S/C14H24N4/c1-10(2)14-16-9-13(12(17-14)8-15-3)18(4)11-6-5-7-11/h9-11,15H,5-8H2,1-4H3. The maximum absolute atomic E-state index is 4.71. The fourth-order valence-electron chi connectivity index (χ4n) is 2.27. The van der Waals surface area contributed by atoms with Crippen LogP contribution in [-0.4, -0.2) is 30.1 Å². The Labute approximate surface area is 110 Å². The third-order valence-electron chi connectivity index (χ3n) is 3.73. The zero-order valence-electron chi connectivity index (χ0n) is 11.9. The van der Waals surface area contributed by atoms with Gasteiger partial charge in [-0.2, -0.15) is 0 Å². The van der Waals surface area contributed by atoms with E-state index in [1.54, 1.807) is 0 Å². The number of rotatable bonds is 5. The lowest BCUT2D eigenvalue weighted by Gasteiger charge is -2.37. The van der Waals surface area contributed by atoms with Gasteiger partial charge in [0.15, 0.2) is 0 Å². The first-order valence-electron chi connectivity index (χ1n) is 6.86. The van der Waals surface area contributed by atoms with E-state index in [0.29, 0.717) is 12.0 Å². The third-order valence-corrected chi connectivity index (χ3v) is 3.73. The molecule has 0 unspecified atom stereocenters. The van der Waals surface area contributed by atoms with Crippen molar-refractivity contribution < 1.29 is 0 Å². The van der Waals surface area contributed by atoms with Crippen LogP contribution >= 0.6 is 0 Å². The Hall–Kier alpha value is -1.16. The molecular weight excluding hydrogens is 224 g/mol. The van der Waals surface area contributed by atoms with Crippen molar-refractivity contribution in [1.82, 2.24) is 15.3 Å².